The third kappa shape index (κ3) is 10.4. The van der Waals surface area contributed by atoms with Crippen molar-refractivity contribution in [2.45, 2.75) is 107 Å². The van der Waals surface area contributed by atoms with Gasteiger partial charge < -0.3 is 10.1 Å². The molecule has 2 unspecified atom stereocenters. The van der Waals surface area contributed by atoms with Crippen molar-refractivity contribution in [2.24, 2.45) is 16.7 Å². The lowest BCUT2D eigenvalue weighted by Gasteiger charge is -2.39. The maximum atomic E-state index is 6.43. The van der Waals surface area contributed by atoms with Crippen molar-refractivity contribution >= 4 is 0 Å². The number of ether oxygens (including phenoxy) is 1. The van der Waals surface area contributed by atoms with E-state index in [1.165, 1.54) is 6.42 Å². The van der Waals surface area contributed by atoms with E-state index in [1.807, 2.05) is 0 Å². The lowest BCUT2D eigenvalue weighted by Crippen LogP contribution is -2.43. The summed E-state index contributed by atoms with van der Waals surface area (Å²) in [7, 11) is 0. The molecule has 0 aromatic rings. The lowest BCUT2D eigenvalue weighted by atomic mass is 9.76. The Morgan fingerprint density at radius 2 is 1.43 bits per heavy atom. The summed E-state index contributed by atoms with van der Waals surface area (Å²) < 4.78 is 6.43. The monoisotopic (exact) mass is 327 g/mol. The zero-order valence-corrected chi connectivity index (χ0v) is 18.0. The van der Waals surface area contributed by atoms with Gasteiger partial charge in [0.15, 0.2) is 0 Å². The topological polar surface area (TPSA) is 21.3 Å². The Kier molecular flexibility index (Phi) is 8.31. The largest absolute Gasteiger partial charge is 0.375 e. The number of hydrogen-bond donors (Lipinski definition) is 1. The molecule has 0 aromatic carbocycles. The molecule has 0 aliphatic rings. The van der Waals surface area contributed by atoms with E-state index >= 15 is 0 Å². The smallest absolute Gasteiger partial charge is 0.0677 e. The van der Waals surface area contributed by atoms with Crippen LogP contribution in [0.25, 0.3) is 0 Å². The predicted octanol–water partition coefficient (Wildman–Crippen LogP) is 6.05. The van der Waals surface area contributed by atoms with E-state index in [4.69, 9.17) is 4.74 Å². The van der Waals surface area contributed by atoms with Gasteiger partial charge in [-0.2, -0.15) is 0 Å². The Labute approximate surface area is 147 Å². The molecule has 0 aromatic heterocycles. The average Bonchev–Trinajstić information content (AvgIpc) is 2.33. The fourth-order valence-corrected chi connectivity index (χ4v) is 2.88. The third-order valence-electron chi connectivity index (χ3n) is 4.97. The van der Waals surface area contributed by atoms with Gasteiger partial charge in [0.05, 0.1) is 5.60 Å². The molecule has 0 fully saturated rings. The first kappa shape index (κ1) is 22.9. The van der Waals surface area contributed by atoms with Crippen LogP contribution in [0.4, 0.5) is 0 Å². The van der Waals surface area contributed by atoms with Crippen molar-refractivity contribution in [3.8, 4) is 0 Å². The van der Waals surface area contributed by atoms with E-state index in [9.17, 15) is 0 Å². The van der Waals surface area contributed by atoms with Gasteiger partial charge in [0.2, 0.25) is 0 Å². The van der Waals surface area contributed by atoms with Gasteiger partial charge in [0.1, 0.15) is 0 Å². The zero-order valence-electron chi connectivity index (χ0n) is 18.0. The molecule has 0 bridgehead atoms. The Morgan fingerprint density at radius 3 is 1.83 bits per heavy atom. The summed E-state index contributed by atoms with van der Waals surface area (Å²) in [4.78, 5) is 0. The summed E-state index contributed by atoms with van der Waals surface area (Å²) in [5, 5.41) is 3.62. The van der Waals surface area contributed by atoms with Crippen LogP contribution in [0.1, 0.15) is 95.4 Å². The SMILES string of the molecule is CCC(C)(OCCC(C)(C)CNC(C)(C)C)C(C)CC(C)(C)C. The highest BCUT2D eigenvalue weighted by atomic mass is 16.5. The molecule has 0 saturated heterocycles. The molecule has 0 spiro atoms. The van der Waals surface area contributed by atoms with Gasteiger partial charge in [-0.1, -0.05) is 48.5 Å². The van der Waals surface area contributed by atoms with Gasteiger partial charge in [-0.15, -0.1) is 0 Å². The van der Waals surface area contributed by atoms with Crippen LogP contribution in [-0.2, 0) is 4.74 Å². The maximum Gasteiger partial charge on any atom is 0.0677 e. The van der Waals surface area contributed by atoms with Crippen LogP contribution in [0, 0.1) is 16.7 Å². The summed E-state index contributed by atoms with van der Waals surface area (Å²) in [5.74, 6) is 0.573. The molecule has 0 heterocycles. The molecule has 2 nitrogen and oxygen atoms in total. The van der Waals surface area contributed by atoms with Crippen LogP contribution in [0.2, 0.25) is 0 Å². The first-order chi connectivity index (χ1) is 10.1. The second-order valence-corrected chi connectivity index (χ2v) is 10.7. The molecular formula is C21H45NO. The highest BCUT2D eigenvalue weighted by Gasteiger charge is 2.33. The minimum Gasteiger partial charge on any atom is -0.375 e. The second-order valence-electron chi connectivity index (χ2n) is 10.7. The van der Waals surface area contributed by atoms with E-state index in [0.717, 1.165) is 26.0 Å². The van der Waals surface area contributed by atoms with Gasteiger partial charge >= 0.3 is 0 Å². The first-order valence-corrected chi connectivity index (χ1v) is 9.49. The van der Waals surface area contributed by atoms with Crippen molar-refractivity contribution < 1.29 is 4.74 Å². The summed E-state index contributed by atoms with van der Waals surface area (Å²) in [6, 6.07) is 0. The van der Waals surface area contributed by atoms with Crippen molar-refractivity contribution in [2.75, 3.05) is 13.2 Å². The Morgan fingerprint density at radius 1 is 0.913 bits per heavy atom. The van der Waals surface area contributed by atoms with Crippen LogP contribution < -0.4 is 5.32 Å². The quantitative estimate of drug-likeness (QED) is 0.556. The molecule has 0 amide bonds. The Balaban J connectivity index is 4.49. The molecule has 140 valence electrons. The van der Waals surface area contributed by atoms with Crippen molar-refractivity contribution in [1.29, 1.82) is 0 Å². The molecule has 2 atom stereocenters. The summed E-state index contributed by atoms with van der Waals surface area (Å²) in [5.41, 5.74) is 0.780. The molecule has 2 heteroatoms. The highest BCUT2D eigenvalue weighted by molar-refractivity contribution is 4.84. The van der Waals surface area contributed by atoms with Crippen LogP contribution in [0.3, 0.4) is 0 Å². The van der Waals surface area contributed by atoms with E-state index < -0.39 is 0 Å². The lowest BCUT2D eigenvalue weighted by molar-refractivity contribution is -0.0877. The highest BCUT2D eigenvalue weighted by Crippen LogP contribution is 2.35. The normalized spacial score (nSPS) is 17.9. The summed E-state index contributed by atoms with van der Waals surface area (Å²) in [6.45, 7) is 27.1. The van der Waals surface area contributed by atoms with E-state index in [0.29, 0.717) is 11.3 Å². The van der Waals surface area contributed by atoms with Crippen LogP contribution >= 0.6 is 0 Å². The molecule has 1 N–H and O–H groups in total. The molecule has 23 heavy (non-hydrogen) atoms. The van der Waals surface area contributed by atoms with Crippen molar-refractivity contribution in [1.82, 2.24) is 5.32 Å². The summed E-state index contributed by atoms with van der Waals surface area (Å²) >= 11 is 0. The summed E-state index contributed by atoms with van der Waals surface area (Å²) in [6.07, 6.45) is 3.37. The fraction of sp³-hybridized carbons (Fsp3) is 1.00. The minimum atomic E-state index is -0.0131. The fourth-order valence-electron chi connectivity index (χ4n) is 2.88. The average molecular weight is 328 g/mol. The van der Waals surface area contributed by atoms with Crippen LogP contribution in [-0.4, -0.2) is 24.3 Å². The van der Waals surface area contributed by atoms with Crippen LogP contribution in [0.5, 0.6) is 0 Å². The van der Waals surface area contributed by atoms with E-state index in [1.54, 1.807) is 0 Å². The maximum absolute atomic E-state index is 6.43. The third-order valence-corrected chi connectivity index (χ3v) is 4.97. The molecule has 0 aliphatic carbocycles. The first-order valence-electron chi connectivity index (χ1n) is 9.49. The van der Waals surface area contributed by atoms with Gasteiger partial charge in [0.25, 0.3) is 0 Å². The molecule has 0 aliphatic heterocycles. The van der Waals surface area contributed by atoms with Crippen LogP contribution in [0.15, 0.2) is 0 Å². The van der Waals surface area contributed by atoms with E-state index in [-0.39, 0.29) is 16.6 Å². The molecular weight excluding hydrogens is 282 g/mol. The Bertz CT molecular complexity index is 335. The van der Waals surface area contributed by atoms with Crippen molar-refractivity contribution in [3.63, 3.8) is 0 Å². The minimum absolute atomic E-state index is 0.0131. The van der Waals surface area contributed by atoms with Crippen molar-refractivity contribution in [3.05, 3.63) is 0 Å². The van der Waals surface area contributed by atoms with E-state index in [2.05, 4.69) is 81.5 Å². The zero-order chi connectivity index (χ0) is 18.5. The van der Waals surface area contributed by atoms with Gasteiger partial charge in [-0.25, -0.2) is 0 Å². The van der Waals surface area contributed by atoms with Gasteiger partial charge in [-0.05, 0) is 63.7 Å². The number of hydrogen-bond acceptors (Lipinski definition) is 2. The Hall–Kier alpha value is -0.0800. The molecule has 0 saturated carbocycles. The van der Waals surface area contributed by atoms with Gasteiger partial charge in [-0.3, -0.25) is 0 Å². The number of nitrogens with one attached hydrogen (secondary N) is 1. The molecule has 0 radical (unpaired) electrons. The predicted molar refractivity (Wildman–Crippen MR) is 104 cm³/mol. The number of rotatable bonds is 9. The van der Waals surface area contributed by atoms with Gasteiger partial charge in [0, 0.05) is 18.7 Å². The standard InChI is InChI=1S/C21H45NO/c1-12-21(11,17(2)15-18(3,4)5)23-14-13-20(9,10)16-22-19(6,7)8/h17,22H,12-16H2,1-11H3. The molecule has 0 rings (SSSR count). The second kappa shape index (κ2) is 8.34.